The van der Waals surface area contributed by atoms with Crippen LogP contribution in [0, 0.1) is 0 Å². The molecule has 3 rings (SSSR count). The van der Waals surface area contributed by atoms with Gasteiger partial charge in [0.15, 0.2) is 11.7 Å². The number of fused-ring (bicyclic) bond motifs is 1. The van der Waals surface area contributed by atoms with Gasteiger partial charge in [-0.3, -0.25) is 0 Å². The molecule has 0 aliphatic carbocycles. The van der Waals surface area contributed by atoms with Crippen LogP contribution in [0.2, 0.25) is 0 Å². The molecule has 1 N–H and O–H groups in total. The van der Waals surface area contributed by atoms with Crippen LogP contribution in [-0.2, 0) is 6.42 Å². The largest absolute Gasteiger partial charge is 0.441 e. The van der Waals surface area contributed by atoms with E-state index in [4.69, 9.17) is 4.42 Å². The number of nitrogens with one attached hydrogen (secondary N) is 1. The lowest BCUT2D eigenvalue weighted by atomic mass is 10.1. The van der Waals surface area contributed by atoms with Crippen molar-refractivity contribution in [2.24, 2.45) is 0 Å². The molecule has 2 heterocycles. The first-order valence-corrected chi connectivity index (χ1v) is 7.28. The van der Waals surface area contributed by atoms with Crippen molar-refractivity contribution in [1.82, 2.24) is 9.97 Å². The molecule has 92 valence electrons. The Labute approximate surface area is 110 Å². The van der Waals surface area contributed by atoms with E-state index >= 15 is 0 Å². The van der Waals surface area contributed by atoms with Crippen LogP contribution in [0.5, 0.6) is 0 Å². The summed E-state index contributed by atoms with van der Waals surface area (Å²) >= 11 is 1.80. The van der Waals surface area contributed by atoms with Crippen molar-refractivity contribution in [1.29, 1.82) is 0 Å². The summed E-state index contributed by atoms with van der Waals surface area (Å²) < 4.78 is 5.79. The number of aryl methyl sites for hydroxylation is 1. The molecule has 0 saturated carbocycles. The molecule has 18 heavy (non-hydrogen) atoms. The molecular formula is C14H14N2OS. The molecule has 0 radical (unpaired) electrons. The molecule has 0 bridgehead atoms. The number of hydrogen-bond acceptors (Lipinski definition) is 3. The Hall–Kier alpha value is -1.68. The quantitative estimate of drug-likeness (QED) is 0.775. The predicted octanol–water partition coefficient (Wildman–Crippen LogP) is 3.73. The minimum Gasteiger partial charge on any atom is -0.441 e. The summed E-state index contributed by atoms with van der Waals surface area (Å²) in [6, 6.07) is 8.20. The van der Waals surface area contributed by atoms with Gasteiger partial charge in [-0.1, -0.05) is 18.2 Å². The van der Waals surface area contributed by atoms with Crippen LogP contribution in [0.25, 0.3) is 22.2 Å². The van der Waals surface area contributed by atoms with Crippen LogP contribution in [0.15, 0.2) is 41.1 Å². The van der Waals surface area contributed by atoms with Gasteiger partial charge in [0.1, 0.15) is 0 Å². The normalized spacial score (nSPS) is 11.2. The van der Waals surface area contributed by atoms with Gasteiger partial charge in [0.2, 0.25) is 0 Å². The van der Waals surface area contributed by atoms with E-state index in [9.17, 15) is 0 Å². The van der Waals surface area contributed by atoms with Crippen LogP contribution < -0.4 is 0 Å². The van der Waals surface area contributed by atoms with Crippen LogP contribution in [0.4, 0.5) is 0 Å². The molecule has 0 atom stereocenters. The monoisotopic (exact) mass is 258 g/mol. The molecule has 0 amide bonds. The number of aromatic amines is 1. The van der Waals surface area contributed by atoms with Crippen molar-refractivity contribution in [3.05, 3.63) is 42.5 Å². The maximum absolute atomic E-state index is 5.79. The van der Waals surface area contributed by atoms with Gasteiger partial charge in [0.25, 0.3) is 0 Å². The number of thioether (sulfide) groups is 1. The summed E-state index contributed by atoms with van der Waals surface area (Å²) in [5.41, 5.74) is 2.20. The number of nitrogens with zero attached hydrogens (tertiary/aromatic N) is 1. The number of benzene rings is 1. The standard InChI is InChI=1S/C14H14N2OS/c1-18-7-6-14-16-9-13(17-14)11-8-15-12-5-3-2-4-10(11)12/h2-5,8-9,15H,6-7H2,1H3. The van der Waals surface area contributed by atoms with Crippen LogP contribution >= 0.6 is 11.8 Å². The van der Waals surface area contributed by atoms with E-state index in [1.54, 1.807) is 11.8 Å². The molecule has 0 fully saturated rings. The number of para-hydroxylation sites is 1. The third kappa shape index (κ3) is 2.04. The topological polar surface area (TPSA) is 41.8 Å². The van der Waals surface area contributed by atoms with E-state index in [1.165, 1.54) is 5.39 Å². The Balaban J connectivity index is 1.96. The second-order valence-corrected chi connectivity index (χ2v) is 5.09. The first-order valence-electron chi connectivity index (χ1n) is 5.88. The van der Waals surface area contributed by atoms with Gasteiger partial charge in [-0.05, 0) is 12.3 Å². The van der Waals surface area contributed by atoms with Crippen molar-refractivity contribution < 1.29 is 4.42 Å². The average molecular weight is 258 g/mol. The molecule has 4 heteroatoms. The molecule has 0 saturated heterocycles. The van der Waals surface area contributed by atoms with Gasteiger partial charge in [0, 0.05) is 34.8 Å². The fourth-order valence-electron chi connectivity index (χ4n) is 2.02. The summed E-state index contributed by atoms with van der Waals surface area (Å²) in [5, 5.41) is 1.17. The van der Waals surface area contributed by atoms with Gasteiger partial charge in [0.05, 0.1) is 6.20 Å². The molecule has 2 aromatic heterocycles. The second-order valence-electron chi connectivity index (χ2n) is 4.11. The van der Waals surface area contributed by atoms with Crippen LogP contribution in [0.1, 0.15) is 5.89 Å². The van der Waals surface area contributed by atoms with E-state index in [-0.39, 0.29) is 0 Å². The lowest BCUT2D eigenvalue weighted by Gasteiger charge is -1.94. The van der Waals surface area contributed by atoms with E-state index in [2.05, 4.69) is 28.4 Å². The van der Waals surface area contributed by atoms with Crippen molar-refractivity contribution in [3.8, 4) is 11.3 Å². The fourth-order valence-corrected chi connectivity index (χ4v) is 2.39. The minimum absolute atomic E-state index is 0.810. The molecule has 0 unspecified atom stereocenters. The van der Waals surface area contributed by atoms with E-state index in [0.29, 0.717) is 0 Å². The Morgan fingerprint density at radius 1 is 1.33 bits per heavy atom. The molecular weight excluding hydrogens is 244 g/mol. The molecule has 0 spiro atoms. The van der Waals surface area contributed by atoms with Gasteiger partial charge < -0.3 is 9.40 Å². The number of oxazole rings is 1. The zero-order valence-corrected chi connectivity index (χ0v) is 11.0. The third-order valence-corrected chi connectivity index (χ3v) is 3.54. The molecule has 3 nitrogen and oxygen atoms in total. The average Bonchev–Trinajstić information content (AvgIpc) is 3.02. The van der Waals surface area contributed by atoms with E-state index in [0.717, 1.165) is 34.9 Å². The first kappa shape index (κ1) is 11.4. The highest BCUT2D eigenvalue weighted by Gasteiger charge is 2.10. The number of aromatic nitrogens is 2. The van der Waals surface area contributed by atoms with Crippen molar-refractivity contribution in [3.63, 3.8) is 0 Å². The first-order chi connectivity index (χ1) is 8.88. The third-order valence-electron chi connectivity index (χ3n) is 2.93. The summed E-state index contributed by atoms with van der Waals surface area (Å²) in [6.07, 6.45) is 6.75. The summed E-state index contributed by atoms with van der Waals surface area (Å²) in [5.74, 6) is 2.68. The van der Waals surface area contributed by atoms with Gasteiger partial charge >= 0.3 is 0 Å². The van der Waals surface area contributed by atoms with Crippen LogP contribution in [-0.4, -0.2) is 22.0 Å². The molecule has 3 aromatic rings. The lowest BCUT2D eigenvalue weighted by Crippen LogP contribution is -1.86. The lowest BCUT2D eigenvalue weighted by molar-refractivity contribution is 0.515. The highest BCUT2D eigenvalue weighted by molar-refractivity contribution is 7.98. The SMILES string of the molecule is CSCCc1ncc(-c2c[nH]c3ccccc23)o1. The smallest absolute Gasteiger partial charge is 0.195 e. The zero-order valence-electron chi connectivity index (χ0n) is 10.1. The second kappa shape index (κ2) is 4.90. The van der Waals surface area contributed by atoms with Gasteiger partial charge in [-0.2, -0.15) is 11.8 Å². The van der Waals surface area contributed by atoms with Crippen molar-refractivity contribution in [2.45, 2.75) is 6.42 Å². The minimum atomic E-state index is 0.810. The fraction of sp³-hybridized carbons (Fsp3) is 0.214. The van der Waals surface area contributed by atoms with Crippen molar-refractivity contribution in [2.75, 3.05) is 12.0 Å². The maximum Gasteiger partial charge on any atom is 0.195 e. The molecule has 0 aliphatic rings. The highest BCUT2D eigenvalue weighted by atomic mass is 32.2. The summed E-state index contributed by atoms with van der Waals surface area (Å²) in [6.45, 7) is 0. The summed E-state index contributed by atoms with van der Waals surface area (Å²) in [4.78, 5) is 7.57. The number of H-pyrrole nitrogens is 1. The maximum atomic E-state index is 5.79. The highest BCUT2D eigenvalue weighted by Crippen LogP contribution is 2.28. The van der Waals surface area contributed by atoms with Gasteiger partial charge in [-0.15, -0.1) is 0 Å². The Morgan fingerprint density at radius 3 is 3.11 bits per heavy atom. The number of hydrogen-bond donors (Lipinski definition) is 1. The van der Waals surface area contributed by atoms with Gasteiger partial charge in [-0.25, -0.2) is 4.98 Å². The summed E-state index contributed by atoms with van der Waals surface area (Å²) in [7, 11) is 0. The molecule has 0 aliphatic heterocycles. The van der Waals surface area contributed by atoms with Crippen molar-refractivity contribution >= 4 is 22.7 Å². The zero-order chi connectivity index (χ0) is 12.4. The Morgan fingerprint density at radius 2 is 2.22 bits per heavy atom. The Bertz CT molecular complexity index is 656. The predicted molar refractivity (Wildman–Crippen MR) is 75.9 cm³/mol. The van der Waals surface area contributed by atoms with E-state index in [1.807, 2.05) is 24.5 Å². The molecule has 1 aromatic carbocycles. The number of rotatable bonds is 4. The van der Waals surface area contributed by atoms with Crippen LogP contribution in [0.3, 0.4) is 0 Å². The van der Waals surface area contributed by atoms with E-state index < -0.39 is 0 Å². The Kier molecular flexibility index (Phi) is 3.11.